The lowest BCUT2D eigenvalue weighted by molar-refractivity contribution is 0.0240. The van der Waals surface area contributed by atoms with Crippen molar-refractivity contribution in [1.29, 1.82) is 0 Å². The third kappa shape index (κ3) is 6.40. The van der Waals surface area contributed by atoms with Gasteiger partial charge in [-0.2, -0.15) is 0 Å². The quantitative estimate of drug-likeness (QED) is 0.245. The van der Waals surface area contributed by atoms with E-state index >= 15 is 4.39 Å². The molecule has 1 saturated heterocycles. The van der Waals surface area contributed by atoms with Gasteiger partial charge in [0.2, 0.25) is 0 Å². The van der Waals surface area contributed by atoms with Crippen LogP contribution >= 0.6 is 0 Å². The topological polar surface area (TPSA) is 103 Å². The molecule has 9 nitrogen and oxygen atoms in total. The molecule has 2 aromatic carbocycles. The van der Waals surface area contributed by atoms with Gasteiger partial charge in [0, 0.05) is 54.6 Å². The molecule has 0 unspecified atom stereocenters. The highest BCUT2D eigenvalue weighted by Gasteiger charge is 2.31. The van der Waals surface area contributed by atoms with Crippen molar-refractivity contribution in [3.05, 3.63) is 82.6 Å². The molecule has 0 saturated carbocycles. The average Bonchev–Trinajstić information content (AvgIpc) is 3.45. The first-order valence-electron chi connectivity index (χ1n) is 13.5. The lowest BCUT2D eigenvalue weighted by atomic mass is 10.1. The number of hydrogen-bond donors (Lipinski definition) is 2. The first-order chi connectivity index (χ1) is 20.4. The second kappa shape index (κ2) is 11.7. The molecule has 1 aliphatic heterocycles. The van der Waals surface area contributed by atoms with E-state index in [4.69, 9.17) is 4.74 Å². The fourth-order valence-corrected chi connectivity index (χ4v) is 4.68. The summed E-state index contributed by atoms with van der Waals surface area (Å²) in [5.74, 6) is 0.647. The number of H-pyrrole nitrogens is 1. The van der Waals surface area contributed by atoms with Crippen molar-refractivity contribution in [2.75, 3.05) is 36.4 Å². The number of piperazine rings is 1. The Bertz CT molecular complexity index is 1780. The zero-order valence-electron chi connectivity index (χ0n) is 24.0. The van der Waals surface area contributed by atoms with Gasteiger partial charge in [-0.25, -0.2) is 27.9 Å². The van der Waals surface area contributed by atoms with E-state index in [0.717, 1.165) is 0 Å². The molecule has 0 bridgehead atoms. The summed E-state index contributed by atoms with van der Waals surface area (Å²) in [5, 5.41) is 2.45. The van der Waals surface area contributed by atoms with Crippen molar-refractivity contribution in [3.8, 4) is 11.8 Å². The van der Waals surface area contributed by atoms with Crippen LogP contribution in [0.4, 0.5) is 29.3 Å². The third-order valence-corrected chi connectivity index (χ3v) is 6.76. The molecule has 43 heavy (non-hydrogen) atoms. The van der Waals surface area contributed by atoms with E-state index in [9.17, 15) is 18.4 Å². The molecule has 0 spiro atoms. The molecule has 2 N–H and O–H groups in total. The number of rotatable bonds is 3. The lowest BCUT2D eigenvalue weighted by Gasteiger charge is -2.38. The Morgan fingerprint density at radius 2 is 1.70 bits per heavy atom. The minimum absolute atomic E-state index is 0.00536. The molecule has 12 heteroatoms. The highest BCUT2D eigenvalue weighted by molar-refractivity contribution is 6.06. The number of aromatic amines is 1. The number of imidazole rings is 1. The number of carbonyl (C=O) groups excluding carboxylic acids is 2. The normalized spacial score (nSPS) is 13.5. The number of aromatic nitrogens is 3. The van der Waals surface area contributed by atoms with E-state index < -0.39 is 40.7 Å². The number of ether oxygens (including phenoxy) is 1. The van der Waals surface area contributed by atoms with Crippen molar-refractivity contribution in [3.63, 3.8) is 0 Å². The van der Waals surface area contributed by atoms with Crippen LogP contribution in [0.3, 0.4) is 0 Å². The predicted molar refractivity (Wildman–Crippen MR) is 155 cm³/mol. The second-order valence-electron chi connectivity index (χ2n) is 11.0. The van der Waals surface area contributed by atoms with Crippen LogP contribution in [0, 0.1) is 36.2 Å². The third-order valence-electron chi connectivity index (χ3n) is 6.76. The summed E-state index contributed by atoms with van der Waals surface area (Å²) in [4.78, 5) is 40.2. The fraction of sp³-hybridized carbons (Fsp3) is 0.290. The van der Waals surface area contributed by atoms with Crippen molar-refractivity contribution in [2.45, 2.75) is 33.3 Å². The summed E-state index contributed by atoms with van der Waals surface area (Å²) in [5.41, 5.74) is 1.21. The van der Waals surface area contributed by atoms with Crippen LogP contribution in [0.1, 0.15) is 47.8 Å². The molecular weight excluding hydrogens is 561 g/mol. The molecule has 2 aromatic heterocycles. The number of pyridine rings is 1. The Hall–Kier alpha value is -5.05. The smallest absolute Gasteiger partial charge is 0.410 e. The van der Waals surface area contributed by atoms with Crippen LogP contribution in [0.25, 0.3) is 11.2 Å². The van der Waals surface area contributed by atoms with Crippen molar-refractivity contribution in [1.82, 2.24) is 19.9 Å². The number of nitrogens with one attached hydrogen (secondary N) is 2. The van der Waals surface area contributed by atoms with Gasteiger partial charge in [0.1, 0.15) is 16.8 Å². The number of fused-ring (bicyclic) bond motifs is 1. The molecule has 5 rings (SSSR count). The van der Waals surface area contributed by atoms with Gasteiger partial charge in [0.25, 0.3) is 5.91 Å². The van der Waals surface area contributed by atoms with E-state index in [-0.39, 0.29) is 43.0 Å². The zero-order chi connectivity index (χ0) is 30.9. The summed E-state index contributed by atoms with van der Waals surface area (Å²) in [6.45, 7) is 7.33. The predicted octanol–water partition coefficient (Wildman–Crippen LogP) is 5.39. The van der Waals surface area contributed by atoms with Crippen molar-refractivity contribution in [2.24, 2.45) is 0 Å². The van der Waals surface area contributed by atoms with Gasteiger partial charge in [-0.15, -0.1) is 0 Å². The minimum Gasteiger partial charge on any atom is -0.444 e. The Labute approximate surface area is 246 Å². The number of hydrogen-bond acceptors (Lipinski definition) is 6. The maximum Gasteiger partial charge on any atom is 0.410 e. The SMILES string of the molecule is Cc1c(F)c(F)c(F)c(NC(=O)c2cccc(C#Cc3cnc4[nH]cnc4c3)c2)c1N1CCN(C(=O)OC(C)(C)C)CC1. The lowest BCUT2D eigenvalue weighted by Crippen LogP contribution is -2.50. The van der Waals surface area contributed by atoms with Crippen molar-refractivity contribution < 1.29 is 27.5 Å². The number of halogens is 3. The maximum absolute atomic E-state index is 15.2. The molecule has 0 aliphatic carbocycles. The van der Waals surface area contributed by atoms with Crippen LogP contribution in [0.15, 0.2) is 42.9 Å². The largest absolute Gasteiger partial charge is 0.444 e. The first kappa shape index (κ1) is 29.4. The summed E-state index contributed by atoms with van der Waals surface area (Å²) < 4.78 is 49.9. The van der Waals surface area contributed by atoms with E-state index in [2.05, 4.69) is 32.1 Å². The highest BCUT2D eigenvalue weighted by Crippen LogP contribution is 2.37. The summed E-state index contributed by atoms with van der Waals surface area (Å²) in [7, 11) is 0. The Morgan fingerprint density at radius 3 is 2.42 bits per heavy atom. The molecule has 2 amide bonds. The molecule has 3 heterocycles. The fourth-order valence-electron chi connectivity index (χ4n) is 4.68. The van der Waals surface area contributed by atoms with Crippen LogP contribution in [0.2, 0.25) is 0 Å². The van der Waals surface area contributed by atoms with Gasteiger partial charge in [-0.3, -0.25) is 4.79 Å². The second-order valence-corrected chi connectivity index (χ2v) is 11.0. The summed E-state index contributed by atoms with van der Waals surface area (Å²) in [6, 6.07) is 8.08. The Balaban J connectivity index is 1.38. The Kier molecular flexibility index (Phi) is 8.00. The van der Waals surface area contributed by atoms with Crippen LogP contribution in [-0.2, 0) is 4.74 Å². The molecule has 222 valence electrons. The van der Waals surface area contributed by atoms with Crippen LogP contribution < -0.4 is 10.2 Å². The first-order valence-corrected chi connectivity index (χ1v) is 13.5. The van der Waals surface area contributed by atoms with E-state index in [0.29, 0.717) is 22.3 Å². The standard InChI is InChI=1S/C31H29F3N6O3/c1-18-23(32)24(33)25(34)26(27(18)39-10-12-40(13-11-39)30(42)43-31(2,3)4)38-29(41)21-7-5-6-19(14-21)8-9-20-15-22-28(35-16-20)37-17-36-22/h5-7,14-17H,10-13H2,1-4H3,(H,38,41)(H,35,36,37). The van der Waals surface area contributed by atoms with Gasteiger partial charge >= 0.3 is 6.09 Å². The van der Waals surface area contributed by atoms with Crippen molar-refractivity contribution >= 4 is 34.5 Å². The number of benzene rings is 2. The molecular formula is C31H29F3N6O3. The van der Waals surface area contributed by atoms with E-state index in [1.807, 2.05) is 0 Å². The van der Waals surface area contributed by atoms with Crippen LogP contribution in [0.5, 0.6) is 0 Å². The minimum atomic E-state index is -1.69. The molecule has 1 fully saturated rings. The van der Waals surface area contributed by atoms with Gasteiger partial charge in [0.15, 0.2) is 23.1 Å². The average molecular weight is 591 g/mol. The number of amides is 2. The molecule has 0 atom stereocenters. The van der Waals surface area contributed by atoms with Gasteiger partial charge < -0.3 is 24.8 Å². The number of carbonyl (C=O) groups is 2. The number of nitrogens with zero attached hydrogens (tertiary/aromatic N) is 4. The molecule has 4 aromatic rings. The summed E-state index contributed by atoms with van der Waals surface area (Å²) >= 11 is 0. The monoisotopic (exact) mass is 590 g/mol. The van der Waals surface area contributed by atoms with Gasteiger partial charge in [-0.1, -0.05) is 17.9 Å². The van der Waals surface area contributed by atoms with Gasteiger partial charge in [-0.05, 0) is 52.0 Å². The maximum atomic E-state index is 15.2. The Morgan fingerprint density at radius 1 is 0.977 bits per heavy atom. The van der Waals surface area contributed by atoms with E-state index in [1.165, 1.54) is 30.3 Å². The highest BCUT2D eigenvalue weighted by atomic mass is 19.2. The molecule has 1 aliphatic rings. The van der Waals surface area contributed by atoms with E-state index in [1.54, 1.807) is 50.1 Å². The van der Waals surface area contributed by atoms with Crippen LogP contribution in [-0.4, -0.2) is 63.6 Å². The summed E-state index contributed by atoms with van der Waals surface area (Å²) in [6.07, 6.45) is 2.62. The molecule has 0 radical (unpaired) electrons. The number of anilines is 2. The van der Waals surface area contributed by atoms with Gasteiger partial charge in [0.05, 0.1) is 12.0 Å². The zero-order valence-corrected chi connectivity index (χ0v) is 24.0.